The molecule has 1 aromatic rings. The van der Waals surface area contributed by atoms with Crippen molar-refractivity contribution in [1.29, 1.82) is 0 Å². The summed E-state index contributed by atoms with van der Waals surface area (Å²) < 4.78 is 12.8. The molecule has 2 amide bonds. The third-order valence-electron chi connectivity index (χ3n) is 3.37. The van der Waals surface area contributed by atoms with Crippen molar-refractivity contribution < 1.29 is 19.1 Å². The number of piperazine rings is 1. The summed E-state index contributed by atoms with van der Waals surface area (Å²) in [7, 11) is 0. The van der Waals surface area contributed by atoms with Crippen LogP contribution in [0.3, 0.4) is 0 Å². The van der Waals surface area contributed by atoms with E-state index in [1.807, 2.05) is 0 Å². The number of carbonyl (C=O) groups excluding carboxylic acids is 2. The van der Waals surface area contributed by atoms with Crippen LogP contribution in [0.4, 0.5) is 4.39 Å². The lowest BCUT2D eigenvalue weighted by Gasteiger charge is -2.33. The van der Waals surface area contributed by atoms with Gasteiger partial charge in [0, 0.05) is 32.3 Å². The van der Waals surface area contributed by atoms with E-state index in [0.717, 1.165) is 5.56 Å². The second kappa shape index (κ2) is 6.99. The van der Waals surface area contributed by atoms with Crippen LogP contribution in [0.25, 0.3) is 6.08 Å². The SMILES string of the molecule is O=C(/C=C/c1ccc(F)cc1)N1CCN(C(=O)CO)CC1. The first kappa shape index (κ1) is 15.2. The predicted octanol–water partition coefficient (Wildman–Crippen LogP) is 0.502. The van der Waals surface area contributed by atoms with E-state index in [2.05, 4.69) is 0 Å². The highest BCUT2D eigenvalue weighted by Crippen LogP contribution is 2.07. The van der Waals surface area contributed by atoms with E-state index in [1.54, 1.807) is 23.1 Å². The van der Waals surface area contributed by atoms with Gasteiger partial charge in [0.15, 0.2) is 0 Å². The average molecular weight is 292 g/mol. The molecule has 0 radical (unpaired) electrons. The maximum absolute atomic E-state index is 12.8. The summed E-state index contributed by atoms with van der Waals surface area (Å²) in [6.07, 6.45) is 3.07. The van der Waals surface area contributed by atoms with Crippen molar-refractivity contribution in [3.8, 4) is 0 Å². The zero-order valence-corrected chi connectivity index (χ0v) is 11.5. The molecule has 2 rings (SSSR count). The monoisotopic (exact) mass is 292 g/mol. The zero-order chi connectivity index (χ0) is 15.2. The highest BCUT2D eigenvalue weighted by molar-refractivity contribution is 5.92. The van der Waals surface area contributed by atoms with Gasteiger partial charge in [0.2, 0.25) is 11.8 Å². The highest BCUT2D eigenvalue weighted by Gasteiger charge is 2.22. The van der Waals surface area contributed by atoms with Crippen molar-refractivity contribution >= 4 is 17.9 Å². The lowest BCUT2D eigenvalue weighted by Crippen LogP contribution is -2.50. The highest BCUT2D eigenvalue weighted by atomic mass is 19.1. The molecule has 1 aromatic carbocycles. The van der Waals surface area contributed by atoms with Gasteiger partial charge in [-0.15, -0.1) is 0 Å². The lowest BCUT2D eigenvalue weighted by molar-refractivity contribution is -0.139. The Morgan fingerprint density at radius 2 is 1.67 bits per heavy atom. The molecule has 0 aromatic heterocycles. The standard InChI is InChI=1S/C15H17FN2O3/c16-13-4-1-12(2-5-13)3-6-14(20)17-7-9-18(10-8-17)15(21)11-19/h1-6,19H,7-11H2/b6-3+. The fraction of sp³-hybridized carbons (Fsp3) is 0.333. The minimum absolute atomic E-state index is 0.143. The molecule has 0 bridgehead atoms. The van der Waals surface area contributed by atoms with E-state index in [0.29, 0.717) is 26.2 Å². The molecule has 21 heavy (non-hydrogen) atoms. The summed E-state index contributed by atoms with van der Waals surface area (Å²) >= 11 is 0. The predicted molar refractivity (Wildman–Crippen MR) is 75.7 cm³/mol. The van der Waals surface area contributed by atoms with Crippen molar-refractivity contribution in [1.82, 2.24) is 9.80 Å². The Morgan fingerprint density at radius 3 is 2.24 bits per heavy atom. The fourth-order valence-electron chi connectivity index (χ4n) is 2.12. The summed E-state index contributed by atoms with van der Waals surface area (Å²) in [5.41, 5.74) is 0.749. The number of rotatable bonds is 3. The zero-order valence-electron chi connectivity index (χ0n) is 11.5. The Balaban J connectivity index is 1.87. The van der Waals surface area contributed by atoms with Crippen LogP contribution in [0.2, 0.25) is 0 Å². The fourth-order valence-corrected chi connectivity index (χ4v) is 2.12. The van der Waals surface area contributed by atoms with Crippen LogP contribution in [0, 0.1) is 5.82 Å². The molecule has 6 heteroatoms. The van der Waals surface area contributed by atoms with Crippen molar-refractivity contribution in [2.75, 3.05) is 32.8 Å². The molecule has 0 unspecified atom stereocenters. The molecule has 5 nitrogen and oxygen atoms in total. The third-order valence-corrected chi connectivity index (χ3v) is 3.37. The molecule has 0 aliphatic carbocycles. The van der Waals surface area contributed by atoms with Crippen molar-refractivity contribution in [2.24, 2.45) is 0 Å². The first-order chi connectivity index (χ1) is 10.1. The van der Waals surface area contributed by atoms with Crippen LogP contribution in [0.5, 0.6) is 0 Å². The quantitative estimate of drug-likeness (QED) is 0.825. The minimum Gasteiger partial charge on any atom is -0.387 e. The maximum atomic E-state index is 12.8. The number of carbonyl (C=O) groups is 2. The summed E-state index contributed by atoms with van der Waals surface area (Å²) in [6.45, 7) is 1.24. The van der Waals surface area contributed by atoms with Crippen LogP contribution in [-0.2, 0) is 9.59 Å². The number of aliphatic hydroxyl groups excluding tert-OH is 1. The van der Waals surface area contributed by atoms with E-state index in [-0.39, 0.29) is 17.6 Å². The second-order valence-corrected chi connectivity index (χ2v) is 4.75. The summed E-state index contributed by atoms with van der Waals surface area (Å²) in [4.78, 5) is 26.5. The summed E-state index contributed by atoms with van der Waals surface area (Å²) in [5, 5.41) is 8.78. The average Bonchev–Trinajstić information content (AvgIpc) is 2.53. The topological polar surface area (TPSA) is 60.9 Å². The number of aliphatic hydroxyl groups is 1. The lowest BCUT2D eigenvalue weighted by atomic mass is 10.2. The molecule has 1 saturated heterocycles. The van der Waals surface area contributed by atoms with Crippen LogP contribution < -0.4 is 0 Å². The summed E-state index contributed by atoms with van der Waals surface area (Å²) in [6, 6.07) is 5.86. The van der Waals surface area contributed by atoms with E-state index in [1.165, 1.54) is 23.1 Å². The number of halogens is 1. The van der Waals surface area contributed by atoms with Gasteiger partial charge in [0.05, 0.1) is 0 Å². The van der Waals surface area contributed by atoms with E-state index in [4.69, 9.17) is 5.11 Å². The minimum atomic E-state index is -0.502. The van der Waals surface area contributed by atoms with Gasteiger partial charge in [-0.3, -0.25) is 9.59 Å². The molecular formula is C15H17FN2O3. The molecule has 0 saturated carbocycles. The number of hydrogen-bond donors (Lipinski definition) is 1. The van der Waals surface area contributed by atoms with Crippen LogP contribution in [-0.4, -0.2) is 59.5 Å². The van der Waals surface area contributed by atoms with Crippen molar-refractivity contribution in [3.05, 3.63) is 41.7 Å². The van der Waals surface area contributed by atoms with Gasteiger partial charge in [0.25, 0.3) is 0 Å². The number of benzene rings is 1. The van der Waals surface area contributed by atoms with E-state index >= 15 is 0 Å². The van der Waals surface area contributed by atoms with Crippen molar-refractivity contribution in [3.63, 3.8) is 0 Å². The molecule has 1 N–H and O–H groups in total. The van der Waals surface area contributed by atoms with Gasteiger partial charge >= 0.3 is 0 Å². The van der Waals surface area contributed by atoms with Gasteiger partial charge in [0.1, 0.15) is 12.4 Å². The number of nitrogens with zero attached hydrogens (tertiary/aromatic N) is 2. The molecular weight excluding hydrogens is 275 g/mol. The Kier molecular flexibility index (Phi) is 5.05. The molecule has 1 aliphatic heterocycles. The largest absolute Gasteiger partial charge is 0.387 e. The molecule has 112 valence electrons. The van der Waals surface area contributed by atoms with E-state index in [9.17, 15) is 14.0 Å². The van der Waals surface area contributed by atoms with Gasteiger partial charge in [-0.1, -0.05) is 12.1 Å². The molecule has 0 atom stereocenters. The van der Waals surface area contributed by atoms with Crippen LogP contribution >= 0.6 is 0 Å². The molecule has 1 heterocycles. The Labute approximate surface area is 122 Å². The Hall–Kier alpha value is -2.21. The van der Waals surface area contributed by atoms with E-state index < -0.39 is 6.61 Å². The Morgan fingerprint density at radius 1 is 1.10 bits per heavy atom. The van der Waals surface area contributed by atoms with Gasteiger partial charge in [-0.25, -0.2) is 4.39 Å². The maximum Gasteiger partial charge on any atom is 0.248 e. The summed E-state index contributed by atoms with van der Waals surface area (Å²) in [5.74, 6) is -0.775. The van der Waals surface area contributed by atoms with Gasteiger partial charge < -0.3 is 14.9 Å². The van der Waals surface area contributed by atoms with Crippen LogP contribution in [0.15, 0.2) is 30.3 Å². The normalized spacial score (nSPS) is 15.5. The Bertz CT molecular complexity index is 534. The molecule has 1 aliphatic rings. The van der Waals surface area contributed by atoms with Crippen molar-refractivity contribution in [2.45, 2.75) is 0 Å². The second-order valence-electron chi connectivity index (χ2n) is 4.75. The number of amides is 2. The smallest absolute Gasteiger partial charge is 0.248 e. The first-order valence-electron chi connectivity index (χ1n) is 6.71. The number of hydrogen-bond acceptors (Lipinski definition) is 3. The molecule has 1 fully saturated rings. The van der Waals surface area contributed by atoms with Gasteiger partial charge in [-0.05, 0) is 23.8 Å². The molecule has 0 spiro atoms. The third kappa shape index (κ3) is 4.13. The van der Waals surface area contributed by atoms with Crippen LogP contribution in [0.1, 0.15) is 5.56 Å². The first-order valence-corrected chi connectivity index (χ1v) is 6.71. The van der Waals surface area contributed by atoms with Gasteiger partial charge in [-0.2, -0.15) is 0 Å².